The van der Waals surface area contributed by atoms with Gasteiger partial charge in [0.25, 0.3) is 5.91 Å². The molecule has 0 spiro atoms. The largest absolute Gasteiger partial charge is 0.467 e. The van der Waals surface area contributed by atoms with Crippen LogP contribution in [0.5, 0.6) is 0 Å². The van der Waals surface area contributed by atoms with E-state index in [-0.39, 0.29) is 12.5 Å². The summed E-state index contributed by atoms with van der Waals surface area (Å²) < 4.78 is 12.7. The zero-order valence-corrected chi connectivity index (χ0v) is 15.7. The number of carbonyl (C=O) groups excluding carboxylic acids is 2. The first-order chi connectivity index (χ1) is 12.5. The highest BCUT2D eigenvalue weighted by Gasteiger charge is 2.23. The molecule has 1 aliphatic rings. The van der Waals surface area contributed by atoms with Crippen LogP contribution in [-0.2, 0) is 16.1 Å². The highest BCUT2D eigenvalue weighted by molar-refractivity contribution is 5.92. The predicted molar refractivity (Wildman–Crippen MR) is 97.0 cm³/mol. The van der Waals surface area contributed by atoms with Crippen LogP contribution >= 0.6 is 0 Å². The number of carbonyl (C=O) groups is 2. The number of aromatic nitrogens is 1. The van der Waals surface area contributed by atoms with E-state index < -0.39 is 5.97 Å². The van der Waals surface area contributed by atoms with Crippen molar-refractivity contribution < 1.29 is 18.7 Å². The van der Waals surface area contributed by atoms with Crippen molar-refractivity contribution in [3.63, 3.8) is 0 Å². The lowest BCUT2D eigenvalue weighted by Gasteiger charge is -2.30. The minimum Gasteiger partial charge on any atom is -0.467 e. The van der Waals surface area contributed by atoms with E-state index in [1.165, 1.54) is 0 Å². The van der Waals surface area contributed by atoms with Crippen LogP contribution in [0.15, 0.2) is 28.9 Å². The van der Waals surface area contributed by atoms with E-state index in [1.807, 2.05) is 30.5 Å². The minimum absolute atomic E-state index is 0.116. The standard InChI is InChI=1S/C20H26N2O4/c1-14-6-8-21(9-7-14)19(23)13-26-20(24)18-11-15(2)22(16(18)3)12-17-5-4-10-25-17/h4-5,10-11,14H,6-9,12-13H2,1-3H3. The van der Waals surface area contributed by atoms with Crippen molar-refractivity contribution >= 4 is 11.9 Å². The number of esters is 1. The van der Waals surface area contributed by atoms with Crippen molar-refractivity contribution in [2.45, 2.75) is 40.2 Å². The van der Waals surface area contributed by atoms with E-state index in [4.69, 9.17) is 9.15 Å². The Labute approximate surface area is 153 Å². The molecule has 2 aromatic rings. The number of amides is 1. The number of furan rings is 1. The van der Waals surface area contributed by atoms with Gasteiger partial charge >= 0.3 is 5.97 Å². The molecular formula is C20H26N2O4. The molecule has 0 radical (unpaired) electrons. The molecule has 1 fully saturated rings. The number of piperidine rings is 1. The Morgan fingerprint density at radius 2 is 2.00 bits per heavy atom. The summed E-state index contributed by atoms with van der Waals surface area (Å²) in [6.07, 6.45) is 3.65. The second kappa shape index (κ2) is 7.81. The van der Waals surface area contributed by atoms with Crippen LogP contribution in [0.1, 0.15) is 47.3 Å². The van der Waals surface area contributed by atoms with Crippen molar-refractivity contribution in [2.24, 2.45) is 5.92 Å². The van der Waals surface area contributed by atoms with Gasteiger partial charge in [0, 0.05) is 24.5 Å². The van der Waals surface area contributed by atoms with Gasteiger partial charge in [0.1, 0.15) is 5.76 Å². The summed E-state index contributed by atoms with van der Waals surface area (Å²) in [5, 5.41) is 0. The first-order valence-corrected chi connectivity index (χ1v) is 9.09. The second-order valence-electron chi connectivity index (χ2n) is 7.09. The summed E-state index contributed by atoms with van der Waals surface area (Å²) in [6.45, 7) is 7.86. The maximum atomic E-state index is 12.4. The van der Waals surface area contributed by atoms with E-state index in [2.05, 4.69) is 6.92 Å². The van der Waals surface area contributed by atoms with Crippen LogP contribution in [0.3, 0.4) is 0 Å². The molecule has 6 nitrogen and oxygen atoms in total. The number of hydrogen-bond acceptors (Lipinski definition) is 4. The number of likely N-dealkylation sites (tertiary alicyclic amines) is 1. The Morgan fingerprint density at radius 3 is 2.65 bits per heavy atom. The fraction of sp³-hybridized carbons (Fsp3) is 0.500. The summed E-state index contributed by atoms with van der Waals surface area (Å²) in [5.41, 5.74) is 2.25. The predicted octanol–water partition coefficient (Wildman–Crippen LogP) is 3.16. The SMILES string of the molecule is Cc1cc(C(=O)OCC(=O)N2CCC(C)CC2)c(C)n1Cc1ccco1. The number of hydrogen-bond donors (Lipinski definition) is 0. The quantitative estimate of drug-likeness (QED) is 0.770. The zero-order valence-electron chi connectivity index (χ0n) is 15.7. The van der Waals surface area contributed by atoms with Crippen LogP contribution in [-0.4, -0.2) is 41.0 Å². The van der Waals surface area contributed by atoms with Crippen LogP contribution in [0.2, 0.25) is 0 Å². The van der Waals surface area contributed by atoms with E-state index in [1.54, 1.807) is 17.2 Å². The van der Waals surface area contributed by atoms with Gasteiger partial charge in [-0.25, -0.2) is 4.79 Å². The second-order valence-corrected chi connectivity index (χ2v) is 7.09. The Balaban J connectivity index is 1.60. The first-order valence-electron chi connectivity index (χ1n) is 9.09. The Hall–Kier alpha value is -2.50. The molecule has 3 rings (SSSR count). The first kappa shape index (κ1) is 18.3. The van der Waals surface area contributed by atoms with Crippen molar-refractivity contribution in [3.05, 3.63) is 47.2 Å². The molecule has 3 heterocycles. The molecule has 0 bridgehead atoms. The van der Waals surface area contributed by atoms with Gasteiger partial charge in [0.15, 0.2) is 6.61 Å². The molecule has 0 N–H and O–H groups in total. The minimum atomic E-state index is -0.456. The summed E-state index contributed by atoms with van der Waals surface area (Å²) in [5.74, 6) is 0.902. The van der Waals surface area contributed by atoms with Gasteiger partial charge in [-0.15, -0.1) is 0 Å². The third kappa shape index (κ3) is 4.00. The highest BCUT2D eigenvalue weighted by Crippen LogP contribution is 2.19. The Morgan fingerprint density at radius 1 is 1.27 bits per heavy atom. The molecule has 0 atom stereocenters. The lowest BCUT2D eigenvalue weighted by molar-refractivity contribution is -0.135. The van der Waals surface area contributed by atoms with Gasteiger partial charge in [0.05, 0.1) is 18.4 Å². The fourth-order valence-electron chi connectivity index (χ4n) is 3.36. The van der Waals surface area contributed by atoms with Crippen molar-refractivity contribution in [1.82, 2.24) is 9.47 Å². The molecule has 1 amide bonds. The molecule has 6 heteroatoms. The van der Waals surface area contributed by atoms with Crippen LogP contribution in [0, 0.1) is 19.8 Å². The summed E-state index contributed by atoms with van der Waals surface area (Å²) in [4.78, 5) is 26.5. The Kier molecular flexibility index (Phi) is 5.49. The molecule has 140 valence electrons. The number of aryl methyl sites for hydroxylation is 1. The van der Waals surface area contributed by atoms with Crippen molar-refractivity contribution in [1.29, 1.82) is 0 Å². The topological polar surface area (TPSA) is 64.7 Å². The van der Waals surface area contributed by atoms with Gasteiger partial charge in [-0.2, -0.15) is 0 Å². The molecule has 1 aliphatic heterocycles. The maximum Gasteiger partial charge on any atom is 0.340 e. The molecule has 1 saturated heterocycles. The average molecular weight is 358 g/mol. The van der Waals surface area contributed by atoms with Crippen LogP contribution < -0.4 is 0 Å². The third-order valence-electron chi connectivity index (χ3n) is 5.15. The lowest BCUT2D eigenvalue weighted by atomic mass is 9.99. The van der Waals surface area contributed by atoms with Gasteiger partial charge in [-0.3, -0.25) is 4.79 Å². The van der Waals surface area contributed by atoms with E-state index in [9.17, 15) is 9.59 Å². The monoisotopic (exact) mass is 358 g/mol. The molecule has 0 aliphatic carbocycles. The van der Waals surface area contributed by atoms with E-state index in [0.29, 0.717) is 18.0 Å². The van der Waals surface area contributed by atoms with Gasteiger partial charge in [0.2, 0.25) is 0 Å². The number of ether oxygens (including phenoxy) is 1. The van der Waals surface area contributed by atoms with E-state index >= 15 is 0 Å². The van der Waals surface area contributed by atoms with Crippen molar-refractivity contribution in [3.8, 4) is 0 Å². The smallest absolute Gasteiger partial charge is 0.340 e. The third-order valence-corrected chi connectivity index (χ3v) is 5.15. The lowest BCUT2D eigenvalue weighted by Crippen LogP contribution is -2.40. The molecule has 0 saturated carbocycles. The molecule has 2 aromatic heterocycles. The molecule has 26 heavy (non-hydrogen) atoms. The van der Waals surface area contributed by atoms with Crippen LogP contribution in [0.4, 0.5) is 0 Å². The summed E-state index contributed by atoms with van der Waals surface area (Å²) >= 11 is 0. The average Bonchev–Trinajstić information content (AvgIpc) is 3.24. The van der Waals surface area contributed by atoms with Crippen molar-refractivity contribution in [2.75, 3.05) is 19.7 Å². The van der Waals surface area contributed by atoms with Gasteiger partial charge < -0.3 is 18.6 Å². The maximum absolute atomic E-state index is 12.4. The van der Waals surface area contributed by atoms with E-state index in [0.717, 1.165) is 43.1 Å². The van der Waals surface area contributed by atoms with Crippen LogP contribution in [0.25, 0.3) is 0 Å². The molecular weight excluding hydrogens is 332 g/mol. The Bertz CT molecular complexity index is 768. The summed E-state index contributed by atoms with van der Waals surface area (Å²) in [7, 11) is 0. The zero-order chi connectivity index (χ0) is 18.7. The van der Waals surface area contributed by atoms with Gasteiger partial charge in [-0.1, -0.05) is 6.92 Å². The normalized spacial score (nSPS) is 15.3. The van der Waals surface area contributed by atoms with Gasteiger partial charge in [-0.05, 0) is 50.8 Å². The fourth-order valence-corrected chi connectivity index (χ4v) is 3.36. The molecule has 0 aromatic carbocycles. The molecule has 0 unspecified atom stereocenters. The number of rotatable bonds is 5. The highest BCUT2D eigenvalue weighted by atomic mass is 16.5. The number of nitrogens with zero attached hydrogens (tertiary/aromatic N) is 2. The summed E-state index contributed by atoms with van der Waals surface area (Å²) in [6, 6.07) is 5.54.